The van der Waals surface area contributed by atoms with Crippen LogP contribution >= 0.6 is 0 Å². The summed E-state index contributed by atoms with van der Waals surface area (Å²) in [6.07, 6.45) is 19.3. The fourth-order valence-electron chi connectivity index (χ4n) is 4.75. The van der Waals surface area contributed by atoms with Gasteiger partial charge in [0.15, 0.2) is 8.32 Å². The zero-order chi connectivity index (χ0) is 29.9. The van der Waals surface area contributed by atoms with Crippen molar-refractivity contribution in [1.82, 2.24) is 0 Å². The van der Waals surface area contributed by atoms with Gasteiger partial charge in [-0.1, -0.05) is 104 Å². The minimum atomic E-state index is -2.15. The zero-order valence-corrected chi connectivity index (χ0v) is 26.5. The lowest BCUT2D eigenvalue weighted by molar-refractivity contribution is -0.395. The van der Waals surface area contributed by atoms with Gasteiger partial charge < -0.3 is 14.4 Å². The maximum absolute atomic E-state index is 11.8. The number of phenols is 1. The summed E-state index contributed by atoms with van der Waals surface area (Å²) in [4.78, 5) is 23.2. The van der Waals surface area contributed by atoms with E-state index in [2.05, 4.69) is 52.9 Å². The lowest BCUT2D eigenvalue weighted by Crippen LogP contribution is -2.45. The molecule has 10 heteroatoms. The minimum absolute atomic E-state index is 0.00751. The van der Waals surface area contributed by atoms with Crippen molar-refractivity contribution in [3.63, 3.8) is 0 Å². The van der Waals surface area contributed by atoms with Gasteiger partial charge >= 0.3 is 11.4 Å². The van der Waals surface area contributed by atoms with Crippen molar-refractivity contribution in [2.24, 2.45) is 0 Å². The number of aromatic hydroxyl groups is 1. The van der Waals surface area contributed by atoms with Crippen LogP contribution in [0.3, 0.4) is 0 Å². The van der Waals surface area contributed by atoms with Gasteiger partial charge in [0.1, 0.15) is 5.69 Å². The van der Waals surface area contributed by atoms with Crippen LogP contribution in [-0.2, 0) is 4.43 Å². The number of nitro groups is 2. The monoisotopic (exact) mass is 577 g/mol. The Morgan fingerprint density at radius 3 is 2.05 bits per heavy atom. The molecule has 1 heterocycles. The van der Waals surface area contributed by atoms with Gasteiger partial charge in [0.2, 0.25) is 0 Å². The van der Waals surface area contributed by atoms with Crippen molar-refractivity contribution in [1.29, 1.82) is 0 Å². The molecule has 40 heavy (non-hydrogen) atoms. The minimum Gasteiger partial charge on any atom is -0.497 e. The van der Waals surface area contributed by atoms with Crippen molar-refractivity contribution < 1.29 is 19.4 Å². The van der Waals surface area contributed by atoms with E-state index in [0.717, 1.165) is 18.9 Å². The van der Waals surface area contributed by atoms with Crippen LogP contribution < -0.4 is 4.90 Å². The molecule has 0 unspecified atom stereocenters. The lowest BCUT2D eigenvalue weighted by atomic mass is 10.1. The van der Waals surface area contributed by atoms with Crippen LogP contribution in [-0.4, -0.2) is 42.0 Å². The van der Waals surface area contributed by atoms with Crippen LogP contribution in [0.2, 0.25) is 18.1 Å². The van der Waals surface area contributed by atoms with Crippen LogP contribution in [0.1, 0.15) is 105 Å². The number of allylic oxidation sites excluding steroid dienone is 1. The lowest BCUT2D eigenvalue weighted by Gasteiger charge is -2.38. The molecule has 0 saturated carbocycles. The Morgan fingerprint density at radius 2 is 1.55 bits per heavy atom. The summed E-state index contributed by atoms with van der Waals surface area (Å²) in [5, 5.41) is 33.2. The molecule has 0 aromatic heterocycles. The van der Waals surface area contributed by atoms with Crippen molar-refractivity contribution in [2.45, 2.75) is 135 Å². The first-order valence-corrected chi connectivity index (χ1v) is 18.0. The van der Waals surface area contributed by atoms with E-state index in [4.69, 9.17) is 4.43 Å². The summed E-state index contributed by atoms with van der Waals surface area (Å²) in [6, 6.07) is 2.34. The molecule has 0 spiro atoms. The normalized spacial score (nSPS) is 16.4. The number of anilines is 1. The zero-order valence-electron chi connectivity index (χ0n) is 25.5. The summed E-state index contributed by atoms with van der Waals surface area (Å²) in [7, 11) is -2.15. The smallest absolute Gasteiger partial charge is 0.341 e. The predicted molar refractivity (Wildman–Crippen MR) is 165 cm³/mol. The number of hydrogen-bond donors (Lipinski definition) is 1. The largest absolute Gasteiger partial charge is 0.497 e. The maximum atomic E-state index is 11.8. The highest BCUT2D eigenvalue weighted by Gasteiger charge is 2.48. The second-order valence-electron chi connectivity index (χ2n) is 12.6. The fourth-order valence-corrected chi connectivity index (χ4v) is 6.02. The molecule has 1 fully saturated rings. The van der Waals surface area contributed by atoms with E-state index in [-0.39, 0.29) is 22.9 Å². The Bertz CT molecular complexity index is 1010. The van der Waals surface area contributed by atoms with Gasteiger partial charge in [-0.2, -0.15) is 0 Å². The van der Waals surface area contributed by atoms with Crippen molar-refractivity contribution in [3.05, 3.63) is 44.5 Å². The fraction of sp³-hybridized carbons (Fsp3) is 0.733. The number of phenolic OH excluding ortho intramolecular Hbond substituents is 1. The second kappa shape index (κ2) is 15.5. The highest BCUT2D eigenvalue weighted by Crippen LogP contribution is 2.47. The average Bonchev–Trinajstić information content (AvgIpc) is 3.65. The van der Waals surface area contributed by atoms with E-state index in [9.17, 15) is 25.3 Å². The topological polar surface area (TPSA) is 119 Å². The molecular formula is C30H51N3O6Si. The first-order chi connectivity index (χ1) is 18.8. The second-order valence-corrected chi connectivity index (χ2v) is 17.4. The third-order valence-corrected chi connectivity index (χ3v) is 12.8. The van der Waals surface area contributed by atoms with Gasteiger partial charge in [-0.15, -0.1) is 0 Å². The number of nitrogens with zero attached hydrogens (tertiary/aromatic N) is 3. The predicted octanol–water partition coefficient (Wildman–Crippen LogP) is 9.04. The summed E-state index contributed by atoms with van der Waals surface area (Å²) in [5.41, 5.74) is -1.12. The SMILES string of the molecule is CCCCCCCCCCCCCC=C[C@@H](O[Si](C)(C)C(C)(C)C)[C@@H]1CN1c1ccc([N+](=O)[O-])c(O)c1[N+](=O)[O-]. The van der Waals surface area contributed by atoms with Crippen LogP contribution in [0, 0.1) is 20.2 Å². The summed E-state index contributed by atoms with van der Waals surface area (Å²) < 4.78 is 6.75. The Morgan fingerprint density at radius 1 is 1.00 bits per heavy atom. The highest BCUT2D eigenvalue weighted by molar-refractivity contribution is 6.74. The van der Waals surface area contributed by atoms with Crippen LogP contribution in [0.25, 0.3) is 0 Å². The third-order valence-electron chi connectivity index (χ3n) is 8.36. The summed E-state index contributed by atoms with van der Waals surface area (Å²) in [5.74, 6) is -0.910. The molecule has 9 nitrogen and oxygen atoms in total. The van der Waals surface area contributed by atoms with E-state index in [1.807, 2.05) is 0 Å². The Balaban J connectivity index is 1.99. The molecule has 1 saturated heterocycles. The molecule has 1 aliphatic rings. The van der Waals surface area contributed by atoms with Crippen LogP contribution in [0.15, 0.2) is 24.3 Å². The molecule has 1 aromatic rings. The van der Waals surface area contributed by atoms with Crippen molar-refractivity contribution in [3.8, 4) is 5.75 Å². The first-order valence-electron chi connectivity index (χ1n) is 15.1. The molecule has 0 aliphatic carbocycles. The van der Waals surface area contributed by atoms with E-state index >= 15 is 0 Å². The molecule has 1 aliphatic heterocycles. The van der Waals surface area contributed by atoms with E-state index in [0.29, 0.717) is 6.54 Å². The molecule has 0 radical (unpaired) electrons. The van der Waals surface area contributed by atoms with Crippen LogP contribution in [0.5, 0.6) is 5.75 Å². The standard InChI is InChI=1S/C30H51N3O6Si/c1-7-8-9-10-11-12-13-14-15-16-17-18-19-20-27(39-40(5,6)30(2,3)4)26-23-31(26)24-21-22-25(32(35)36)29(34)28(24)33(37)38/h19-22,26-27,34H,7-18,23H2,1-6H3/t26-,27+,31?/m0/s1. The molecule has 1 N–H and O–H groups in total. The Hall–Kier alpha value is -2.46. The van der Waals surface area contributed by atoms with Gasteiger partial charge in [-0.25, -0.2) is 0 Å². The molecule has 226 valence electrons. The number of nitro benzene ring substituents is 2. The molecular weight excluding hydrogens is 526 g/mol. The quantitative estimate of drug-likeness (QED) is 0.0435. The van der Waals surface area contributed by atoms with Crippen LogP contribution in [0.4, 0.5) is 17.1 Å². The van der Waals surface area contributed by atoms with Gasteiger partial charge in [0.05, 0.1) is 22.0 Å². The average molecular weight is 578 g/mol. The highest BCUT2D eigenvalue weighted by atomic mass is 28.4. The van der Waals surface area contributed by atoms with Crippen molar-refractivity contribution >= 4 is 25.4 Å². The number of hydrogen-bond acceptors (Lipinski definition) is 7. The number of unbranched alkanes of at least 4 members (excludes halogenated alkanes) is 11. The molecule has 0 amide bonds. The van der Waals surface area contributed by atoms with E-state index < -0.39 is 35.3 Å². The number of rotatable bonds is 19. The molecule has 1 aromatic carbocycles. The summed E-state index contributed by atoms with van der Waals surface area (Å²) in [6.45, 7) is 13.7. The van der Waals surface area contributed by atoms with Gasteiger partial charge in [-0.3, -0.25) is 20.2 Å². The van der Waals surface area contributed by atoms with Gasteiger partial charge in [-0.05, 0) is 37.0 Å². The van der Waals surface area contributed by atoms with Crippen molar-refractivity contribution in [2.75, 3.05) is 11.4 Å². The van der Waals surface area contributed by atoms with E-state index in [1.54, 1.807) is 4.90 Å². The first kappa shape index (κ1) is 33.7. The summed E-state index contributed by atoms with van der Waals surface area (Å²) >= 11 is 0. The third kappa shape index (κ3) is 9.87. The Labute approximate surface area is 241 Å². The molecule has 2 atom stereocenters. The Kier molecular flexibility index (Phi) is 13.1. The van der Waals surface area contributed by atoms with Gasteiger partial charge in [0, 0.05) is 12.6 Å². The molecule has 2 rings (SSSR count). The van der Waals surface area contributed by atoms with E-state index in [1.165, 1.54) is 70.3 Å². The molecule has 0 bridgehead atoms. The van der Waals surface area contributed by atoms with Gasteiger partial charge in [0.25, 0.3) is 5.75 Å². The number of benzene rings is 1. The maximum Gasteiger partial charge on any atom is 0.341 e.